The first-order chi connectivity index (χ1) is 15.9. The van der Waals surface area contributed by atoms with Crippen LogP contribution in [0.3, 0.4) is 0 Å². The molecule has 3 rings (SSSR count). The summed E-state index contributed by atoms with van der Waals surface area (Å²) >= 11 is 11.6. The van der Waals surface area contributed by atoms with Crippen molar-refractivity contribution in [3.05, 3.63) is 70.5 Å². The average molecular weight is 485 g/mol. The number of hydrogen-bond donors (Lipinski definition) is 3. The molecule has 1 aromatic heterocycles. The van der Waals surface area contributed by atoms with Crippen molar-refractivity contribution in [3.8, 4) is 11.5 Å². The zero-order valence-corrected chi connectivity index (χ0v) is 20.3. The molecule has 0 unspecified atom stereocenters. The molecule has 3 N–H and O–H groups in total. The van der Waals surface area contributed by atoms with Crippen LogP contribution < -0.4 is 25.4 Å². The van der Waals surface area contributed by atoms with Gasteiger partial charge in [-0.05, 0) is 68.0 Å². The lowest BCUT2D eigenvalue weighted by molar-refractivity contribution is 0.414. The quantitative estimate of drug-likeness (QED) is 0.263. The molecule has 1 heterocycles. The number of methoxy groups -OCH3 is 2. The normalized spacial score (nSPS) is 11.0. The van der Waals surface area contributed by atoms with Crippen LogP contribution in [-0.2, 0) is 6.54 Å². The zero-order valence-electron chi connectivity index (χ0n) is 18.8. The number of anilines is 2. The van der Waals surface area contributed by atoms with E-state index in [1.165, 1.54) is 0 Å². The van der Waals surface area contributed by atoms with Crippen LogP contribution in [-0.4, -0.2) is 35.3 Å². The summed E-state index contributed by atoms with van der Waals surface area (Å²) in [5, 5.41) is 10.1. The first-order valence-corrected chi connectivity index (χ1v) is 10.8. The number of rotatable bonds is 6. The van der Waals surface area contributed by atoms with Crippen molar-refractivity contribution in [2.24, 2.45) is 4.99 Å². The van der Waals surface area contributed by atoms with Gasteiger partial charge < -0.3 is 20.1 Å². The summed E-state index contributed by atoms with van der Waals surface area (Å²) in [6.07, 6.45) is 0. The maximum absolute atomic E-state index is 6.12. The minimum absolute atomic E-state index is 0.293. The van der Waals surface area contributed by atoms with Gasteiger partial charge in [0.05, 0.1) is 26.5 Å². The van der Waals surface area contributed by atoms with E-state index >= 15 is 0 Å². The van der Waals surface area contributed by atoms with E-state index in [1.54, 1.807) is 32.4 Å². The number of hydrogen-bond acceptors (Lipinski definition) is 6. The van der Waals surface area contributed by atoms with Crippen molar-refractivity contribution in [2.45, 2.75) is 20.4 Å². The fourth-order valence-corrected chi connectivity index (χ4v) is 3.32. The summed E-state index contributed by atoms with van der Waals surface area (Å²) in [5.74, 6) is 2.18. The molecule has 0 aliphatic carbocycles. The van der Waals surface area contributed by atoms with Crippen molar-refractivity contribution in [1.82, 2.24) is 15.3 Å². The van der Waals surface area contributed by atoms with E-state index in [-0.39, 0.29) is 0 Å². The van der Waals surface area contributed by atoms with Crippen molar-refractivity contribution in [1.29, 1.82) is 0 Å². The molecular weight excluding hydrogens is 460 g/mol. The summed E-state index contributed by atoms with van der Waals surface area (Å²) in [6, 6.07) is 14.8. The molecule has 0 aliphatic heterocycles. The van der Waals surface area contributed by atoms with E-state index in [1.807, 2.05) is 44.2 Å². The van der Waals surface area contributed by atoms with Gasteiger partial charge in [-0.15, -0.1) is 0 Å². The van der Waals surface area contributed by atoms with Crippen LogP contribution in [0.4, 0.5) is 11.6 Å². The van der Waals surface area contributed by atoms with E-state index in [0.29, 0.717) is 40.0 Å². The zero-order chi connectivity index (χ0) is 23.8. The lowest BCUT2D eigenvalue weighted by atomic mass is 10.2. The number of aromatic nitrogens is 2. The number of aryl methyl sites for hydroxylation is 2. The third-order valence-corrected chi connectivity index (χ3v) is 4.87. The number of benzene rings is 2. The first-order valence-electron chi connectivity index (χ1n) is 10.0. The minimum atomic E-state index is 0.293. The third-order valence-electron chi connectivity index (χ3n) is 4.43. The Morgan fingerprint density at radius 3 is 2.30 bits per heavy atom. The molecule has 2 aromatic carbocycles. The molecule has 0 spiro atoms. The van der Waals surface area contributed by atoms with E-state index in [0.717, 1.165) is 22.7 Å². The topological polar surface area (TPSA) is 92.7 Å². The molecule has 0 amide bonds. The SMILES string of the molecule is COc1ccc(CN=C(NC(=S)Nc2cc(Cl)ccc2OC)Nc2nc(C)cc(C)n2)cc1. The van der Waals surface area contributed by atoms with Gasteiger partial charge in [0.1, 0.15) is 11.5 Å². The first kappa shape index (κ1) is 24.2. The number of nitrogens with zero attached hydrogens (tertiary/aromatic N) is 3. The van der Waals surface area contributed by atoms with Crippen LogP contribution in [0, 0.1) is 13.8 Å². The Labute approximate surface area is 203 Å². The Bertz CT molecular complexity index is 1130. The second kappa shape index (κ2) is 11.4. The Balaban J connectivity index is 1.80. The molecular formula is C23H25ClN6O2S. The number of ether oxygens (including phenoxy) is 2. The van der Waals surface area contributed by atoms with Crippen LogP contribution >= 0.6 is 23.8 Å². The number of guanidine groups is 1. The average Bonchev–Trinajstić information content (AvgIpc) is 2.77. The van der Waals surface area contributed by atoms with Gasteiger partial charge in [0.25, 0.3) is 0 Å². The highest BCUT2D eigenvalue weighted by molar-refractivity contribution is 7.80. The van der Waals surface area contributed by atoms with Gasteiger partial charge in [-0.25, -0.2) is 15.0 Å². The van der Waals surface area contributed by atoms with Gasteiger partial charge in [0.15, 0.2) is 5.11 Å². The summed E-state index contributed by atoms with van der Waals surface area (Å²) in [4.78, 5) is 13.5. The Morgan fingerprint density at radius 2 is 1.67 bits per heavy atom. The molecule has 33 heavy (non-hydrogen) atoms. The summed E-state index contributed by atoms with van der Waals surface area (Å²) < 4.78 is 10.6. The third kappa shape index (κ3) is 7.30. The van der Waals surface area contributed by atoms with E-state index < -0.39 is 0 Å². The number of thiocarbonyl (C=S) groups is 1. The fourth-order valence-electron chi connectivity index (χ4n) is 2.94. The van der Waals surface area contributed by atoms with Crippen LogP contribution in [0.25, 0.3) is 0 Å². The molecule has 3 aromatic rings. The maximum Gasteiger partial charge on any atom is 0.229 e. The molecule has 0 atom stereocenters. The van der Waals surface area contributed by atoms with Crippen molar-refractivity contribution in [3.63, 3.8) is 0 Å². The highest BCUT2D eigenvalue weighted by atomic mass is 35.5. The van der Waals surface area contributed by atoms with Crippen molar-refractivity contribution >= 4 is 46.5 Å². The van der Waals surface area contributed by atoms with Crippen LogP contribution in [0.2, 0.25) is 5.02 Å². The molecule has 0 fully saturated rings. The number of aliphatic imine (C=N–C) groups is 1. The summed E-state index contributed by atoms with van der Waals surface area (Å²) in [5.41, 5.74) is 3.29. The van der Waals surface area contributed by atoms with Gasteiger partial charge in [0, 0.05) is 16.4 Å². The van der Waals surface area contributed by atoms with Gasteiger partial charge in [-0.2, -0.15) is 0 Å². The molecule has 10 heteroatoms. The Kier molecular flexibility index (Phi) is 8.39. The largest absolute Gasteiger partial charge is 0.497 e. The minimum Gasteiger partial charge on any atom is -0.497 e. The van der Waals surface area contributed by atoms with Crippen LogP contribution in [0.1, 0.15) is 17.0 Å². The molecule has 172 valence electrons. The summed E-state index contributed by atoms with van der Waals surface area (Å²) in [7, 11) is 3.21. The fraction of sp³-hybridized carbons (Fsp3) is 0.217. The molecule has 0 radical (unpaired) electrons. The van der Waals surface area contributed by atoms with Crippen molar-refractivity contribution in [2.75, 3.05) is 24.9 Å². The smallest absolute Gasteiger partial charge is 0.229 e. The van der Waals surface area contributed by atoms with Gasteiger partial charge in [0.2, 0.25) is 11.9 Å². The summed E-state index contributed by atoms with van der Waals surface area (Å²) in [6.45, 7) is 4.20. The van der Waals surface area contributed by atoms with Gasteiger partial charge in [-0.3, -0.25) is 5.32 Å². The predicted molar refractivity (Wildman–Crippen MR) is 137 cm³/mol. The predicted octanol–water partition coefficient (Wildman–Crippen LogP) is 4.72. The van der Waals surface area contributed by atoms with Crippen LogP contribution in [0.15, 0.2) is 53.5 Å². The monoisotopic (exact) mass is 484 g/mol. The maximum atomic E-state index is 6.12. The Hall–Kier alpha value is -3.43. The van der Waals surface area contributed by atoms with Crippen molar-refractivity contribution < 1.29 is 9.47 Å². The van der Waals surface area contributed by atoms with Crippen LogP contribution in [0.5, 0.6) is 11.5 Å². The molecule has 0 saturated carbocycles. The Morgan fingerprint density at radius 1 is 0.970 bits per heavy atom. The molecule has 0 aliphatic rings. The highest BCUT2D eigenvalue weighted by Crippen LogP contribution is 2.27. The lowest BCUT2D eigenvalue weighted by Crippen LogP contribution is -2.39. The highest BCUT2D eigenvalue weighted by Gasteiger charge is 2.10. The van der Waals surface area contributed by atoms with Gasteiger partial charge in [-0.1, -0.05) is 23.7 Å². The van der Waals surface area contributed by atoms with E-state index in [4.69, 9.17) is 33.3 Å². The standard InChI is InChI=1S/C23H25ClN6O2S/c1-14-11-15(2)27-22(26-14)29-21(25-13-16-5-8-18(31-3)9-6-16)30-23(33)28-19-12-17(24)7-10-20(19)32-4/h5-12H,13H2,1-4H3,(H3,25,26,27,28,29,30,33). The molecule has 0 saturated heterocycles. The lowest BCUT2D eigenvalue weighted by Gasteiger charge is -2.16. The number of nitrogens with one attached hydrogen (secondary N) is 3. The number of halogens is 1. The second-order valence-corrected chi connectivity index (χ2v) is 7.88. The van der Waals surface area contributed by atoms with Gasteiger partial charge >= 0.3 is 0 Å². The second-order valence-electron chi connectivity index (χ2n) is 7.04. The molecule has 8 nitrogen and oxygen atoms in total. The molecule has 0 bridgehead atoms. The van der Waals surface area contributed by atoms with E-state index in [2.05, 4.69) is 30.9 Å². The van der Waals surface area contributed by atoms with E-state index in [9.17, 15) is 0 Å².